The highest BCUT2D eigenvalue weighted by Gasteiger charge is 2.36. The highest BCUT2D eigenvalue weighted by molar-refractivity contribution is 5.98. The summed E-state index contributed by atoms with van der Waals surface area (Å²) in [5.41, 5.74) is 2.54. The molecule has 2 amide bonds. The molecule has 0 aromatic heterocycles. The van der Waals surface area contributed by atoms with Gasteiger partial charge in [0.25, 0.3) is 0 Å². The summed E-state index contributed by atoms with van der Waals surface area (Å²) in [4.78, 5) is 26.4. The first kappa shape index (κ1) is 17.0. The number of fused-ring (bicyclic) bond motifs is 1. The van der Waals surface area contributed by atoms with Crippen LogP contribution >= 0.6 is 0 Å². The lowest BCUT2D eigenvalue weighted by molar-refractivity contribution is -0.123. The predicted octanol–water partition coefficient (Wildman–Crippen LogP) is 2.21. The fourth-order valence-electron chi connectivity index (χ4n) is 3.00. The number of para-hydroxylation sites is 1. The Kier molecular flexibility index (Phi) is 5.30. The van der Waals surface area contributed by atoms with E-state index in [0.717, 1.165) is 11.1 Å². The van der Waals surface area contributed by atoms with Gasteiger partial charge in [0, 0.05) is 0 Å². The van der Waals surface area contributed by atoms with Gasteiger partial charge in [0.2, 0.25) is 5.91 Å². The highest BCUT2D eigenvalue weighted by atomic mass is 16.6. The van der Waals surface area contributed by atoms with Gasteiger partial charge < -0.3 is 15.2 Å². The van der Waals surface area contributed by atoms with Crippen LogP contribution < -0.4 is 10.2 Å². The van der Waals surface area contributed by atoms with Crippen LogP contribution in [0.1, 0.15) is 17.5 Å². The maximum absolute atomic E-state index is 12.7. The van der Waals surface area contributed by atoms with Crippen molar-refractivity contribution in [2.45, 2.75) is 25.5 Å². The molecular weight excluding hydrogens is 320 g/mol. The zero-order valence-corrected chi connectivity index (χ0v) is 13.7. The Balaban J connectivity index is 1.82. The Morgan fingerprint density at radius 1 is 1.12 bits per heavy atom. The molecule has 2 N–H and O–H groups in total. The lowest BCUT2D eigenvalue weighted by Gasteiger charge is -2.35. The van der Waals surface area contributed by atoms with E-state index in [9.17, 15) is 9.59 Å². The summed E-state index contributed by atoms with van der Waals surface area (Å²) in [5, 5.41) is 11.3. The van der Waals surface area contributed by atoms with Gasteiger partial charge in [-0.3, -0.25) is 9.69 Å². The summed E-state index contributed by atoms with van der Waals surface area (Å²) in [6.45, 7) is -0.337. The largest absolute Gasteiger partial charge is 0.444 e. The number of rotatable bonds is 4. The number of benzene rings is 2. The van der Waals surface area contributed by atoms with Crippen LogP contribution in [0, 0.1) is 0 Å². The van der Waals surface area contributed by atoms with Crippen molar-refractivity contribution in [2.24, 2.45) is 0 Å². The third kappa shape index (κ3) is 3.80. The Morgan fingerprint density at radius 2 is 1.84 bits per heavy atom. The van der Waals surface area contributed by atoms with E-state index in [-0.39, 0.29) is 6.61 Å². The van der Waals surface area contributed by atoms with Crippen LogP contribution in [-0.4, -0.2) is 29.9 Å². The molecule has 1 atom stereocenters. The maximum Gasteiger partial charge on any atom is 0.415 e. The molecule has 2 aromatic rings. The molecule has 0 spiro atoms. The minimum Gasteiger partial charge on any atom is -0.444 e. The summed E-state index contributed by atoms with van der Waals surface area (Å²) in [5.74, 6) is -0.395. The quantitative estimate of drug-likeness (QED) is 0.837. The molecule has 1 aliphatic rings. The molecule has 0 bridgehead atoms. The Bertz CT molecular complexity index is 748. The van der Waals surface area contributed by atoms with Gasteiger partial charge in [-0.05, 0) is 30.0 Å². The van der Waals surface area contributed by atoms with Gasteiger partial charge in [-0.2, -0.15) is 0 Å². The summed E-state index contributed by atoms with van der Waals surface area (Å²) in [6, 6.07) is 16.1. The number of aliphatic hydroxyl groups is 1. The second-order valence-electron chi connectivity index (χ2n) is 5.79. The molecular formula is C19H20N2O4. The van der Waals surface area contributed by atoms with Gasteiger partial charge in [-0.1, -0.05) is 48.5 Å². The van der Waals surface area contributed by atoms with Gasteiger partial charge in [-0.15, -0.1) is 0 Å². The minimum absolute atomic E-state index is 0.132. The Hall–Kier alpha value is -2.86. The predicted molar refractivity (Wildman–Crippen MR) is 92.9 cm³/mol. The Labute approximate surface area is 146 Å². The van der Waals surface area contributed by atoms with Crippen LogP contribution in [0.15, 0.2) is 54.6 Å². The molecule has 2 aromatic carbocycles. The summed E-state index contributed by atoms with van der Waals surface area (Å²) in [6.07, 6.45) is 0.583. The smallest absolute Gasteiger partial charge is 0.415 e. The van der Waals surface area contributed by atoms with Gasteiger partial charge in [-0.25, -0.2) is 4.79 Å². The van der Waals surface area contributed by atoms with Crippen LogP contribution in [0.25, 0.3) is 0 Å². The first-order valence-corrected chi connectivity index (χ1v) is 8.17. The van der Waals surface area contributed by atoms with Crippen molar-refractivity contribution >= 4 is 17.7 Å². The van der Waals surface area contributed by atoms with Gasteiger partial charge >= 0.3 is 6.09 Å². The minimum atomic E-state index is -0.703. The molecule has 6 nitrogen and oxygen atoms in total. The van der Waals surface area contributed by atoms with Crippen molar-refractivity contribution in [3.63, 3.8) is 0 Å². The van der Waals surface area contributed by atoms with Crippen LogP contribution in [0.4, 0.5) is 10.5 Å². The van der Waals surface area contributed by atoms with E-state index in [0.29, 0.717) is 18.5 Å². The van der Waals surface area contributed by atoms with Crippen LogP contribution in [0.2, 0.25) is 0 Å². The number of aryl methyl sites for hydroxylation is 1. The topological polar surface area (TPSA) is 78.9 Å². The van der Waals surface area contributed by atoms with E-state index in [1.54, 1.807) is 6.07 Å². The molecule has 130 valence electrons. The summed E-state index contributed by atoms with van der Waals surface area (Å²) < 4.78 is 5.43. The SMILES string of the molecule is O=C(NCO)C1CCc2ccccc2N1C(=O)OCc1ccccc1. The number of aliphatic hydroxyl groups excluding tert-OH is 1. The summed E-state index contributed by atoms with van der Waals surface area (Å²) >= 11 is 0. The van der Waals surface area contributed by atoms with E-state index in [2.05, 4.69) is 5.32 Å². The van der Waals surface area contributed by atoms with E-state index in [1.807, 2.05) is 48.5 Å². The lowest BCUT2D eigenvalue weighted by Crippen LogP contribution is -2.52. The second-order valence-corrected chi connectivity index (χ2v) is 5.79. The van der Waals surface area contributed by atoms with Gasteiger partial charge in [0.15, 0.2) is 0 Å². The second kappa shape index (κ2) is 7.81. The molecule has 0 radical (unpaired) electrons. The van der Waals surface area contributed by atoms with Gasteiger partial charge in [0.1, 0.15) is 19.4 Å². The molecule has 25 heavy (non-hydrogen) atoms. The van der Waals surface area contributed by atoms with Crippen molar-refractivity contribution in [1.29, 1.82) is 0 Å². The number of ether oxygens (including phenoxy) is 1. The molecule has 0 saturated carbocycles. The molecule has 1 aliphatic heterocycles. The zero-order chi connectivity index (χ0) is 17.6. The molecule has 0 saturated heterocycles. The first-order valence-electron chi connectivity index (χ1n) is 8.17. The number of anilines is 1. The molecule has 0 aliphatic carbocycles. The summed E-state index contributed by atoms with van der Waals surface area (Å²) in [7, 11) is 0. The maximum atomic E-state index is 12.7. The number of hydrogen-bond acceptors (Lipinski definition) is 4. The average molecular weight is 340 g/mol. The lowest BCUT2D eigenvalue weighted by atomic mass is 9.95. The number of amides is 2. The number of carbonyl (C=O) groups is 2. The van der Waals surface area contributed by atoms with Crippen molar-refractivity contribution in [3.8, 4) is 0 Å². The average Bonchev–Trinajstić information content (AvgIpc) is 2.66. The van der Waals surface area contributed by atoms with E-state index in [4.69, 9.17) is 9.84 Å². The van der Waals surface area contributed by atoms with Crippen LogP contribution in [0.5, 0.6) is 0 Å². The van der Waals surface area contributed by atoms with Crippen LogP contribution in [0.3, 0.4) is 0 Å². The number of nitrogens with one attached hydrogen (secondary N) is 1. The normalized spacial score (nSPS) is 16.0. The number of carbonyl (C=O) groups excluding carboxylic acids is 2. The molecule has 0 fully saturated rings. The highest BCUT2D eigenvalue weighted by Crippen LogP contribution is 2.31. The van der Waals surface area contributed by atoms with Crippen molar-refractivity contribution in [3.05, 3.63) is 65.7 Å². The molecule has 1 unspecified atom stereocenters. The fourth-order valence-corrected chi connectivity index (χ4v) is 3.00. The first-order chi connectivity index (χ1) is 12.2. The molecule has 1 heterocycles. The molecule has 3 rings (SSSR count). The van der Waals surface area contributed by atoms with Crippen molar-refractivity contribution in [2.75, 3.05) is 11.6 Å². The third-order valence-corrected chi connectivity index (χ3v) is 4.21. The molecule has 6 heteroatoms. The van der Waals surface area contributed by atoms with E-state index >= 15 is 0 Å². The standard InChI is InChI=1S/C19H20N2O4/c22-13-20-18(23)17-11-10-15-8-4-5-9-16(15)21(17)19(24)25-12-14-6-2-1-3-7-14/h1-9,17,22H,10-13H2,(H,20,23). The van der Waals surface area contributed by atoms with E-state index < -0.39 is 24.8 Å². The number of hydrogen-bond donors (Lipinski definition) is 2. The van der Waals surface area contributed by atoms with E-state index in [1.165, 1.54) is 4.90 Å². The fraction of sp³-hybridized carbons (Fsp3) is 0.263. The third-order valence-electron chi connectivity index (χ3n) is 4.21. The number of nitrogens with zero attached hydrogens (tertiary/aromatic N) is 1. The Morgan fingerprint density at radius 3 is 2.60 bits per heavy atom. The van der Waals surface area contributed by atoms with Gasteiger partial charge in [0.05, 0.1) is 5.69 Å². The zero-order valence-electron chi connectivity index (χ0n) is 13.7. The van der Waals surface area contributed by atoms with Crippen molar-refractivity contribution < 1.29 is 19.4 Å². The van der Waals surface area contributed by atoms with Crippen LogP contribution in [-0.2, 0) is 22.6 Å². The monoisotopic (exact) mass is 340 g/mol. The van der Waals surface area contributed by atoms with Crippen molar-refractivity contribution in [1.82, 2.24) is 5.32 Å².